The lowest BCUT2D eigenvalue weighted by Gasteiger charge is -2.01. The van der Waals surface area contributed by atoms with Gasteiger partial charge in [0.15, 0.2) is 15.4 Å². The zero-order valence-corrected chi connectivity index (χ0v) is 10.8. The highest BCUT2D eigenvalue weighted by atomic mass is 32.2. The standard InChI is InChI=1S/C11H15N3O3S/c1-2-18(15,16)6-5-13-11-14-9-4-3-8(12)7-10(9)17-11/h3-4,7H,2,5-6,12H2,1H3,(H,13,14). The van der Waals surface area contributed by atoms with E-state index < -0.39 is 9.84 Å². The predicted molar refractivity (Wildman–Crippen MR) is 71.2 cm³/mol. The van der Waals surface area contributed by atoms with Crippen LogP contribution in [-0.2, 0) is 9.84 Å². The van der Waals surface area contributed by atoms with Crippen molar-refractivity contribution in [2.75, 3.05) is 29.1 Å². The van der Waals surface area contributed by atoms with Gasteiger partial charge in [0, 0.05) is 24.1 Å². The first-order valence-corrected chi connectivity index (χ1v) is 7.42. The maximum absolute atomic E-state index is 11.3. The first-order valence-electron chi connectivity index (χ1n) is 5.60. The van der Waals surface area contributed by atoms with Crippen LogP contribution in [0.4, 0.5) is 11.7 Å². The van der Waals surface area contributed by atoms with E-state index in [2.05, 4.69) is 10.3 Å². The van der Waals surface area contributed by atoms with Crippen molar-refractivity contribution in [1.29, 1.82) is 0 Å². The average molecular weight is 269 g/mol. The lowest BCUT2D eigenvalue weighted by atomic mass is 10.3. The minimum atomic E-state index is -2.98. The first kappa shape index (κ1) is 12.7. The van der Waals surface area contributed by atoms with E-state index in [9.17, 15) is 8.42 Å². The number of hydrogen-bond acceptors (Lipinski definition) is 6. The smallest absolute Gasteiger partial charge is 0.295 e. The van der Waals surface area contributed by atoms with Gasteiger partial charge in [0.2, 0.25) is 0 Å². The van der Waals surface area contributed by atoms with Gasteiger partial charge in [-0.15, -0.1) is 0 Å². The van der Waals surface area contributed by atoms with Crippen LogP contribution in [0.1, 0.15) is 6.92 Å². The Morgan fingerprint density at radius 3 is 2.94 bits per heavy atom. The van der Waals surface area contributed by atoms with Gasteiger partial charge in [-0.05, 0) is 12.1 Å². The van der Waals surface area contributed by atoms with Crippen LogP contribution < -0.4 is 11.1 Å². The van der Waals surface area contributed by atoms with Crippen LogP contribution >= 0.6 is 0 Å². The summed E-state index contributed by atoms with van der Waals surface area (Å²) in [5.74, 6) is 0.198. The number of nitrogen functional groups attached to an aromatic ring is 1. The molecule has 0 saturated heterocycles. The molecule has 0 aliphatic carbocycles. The minimum Gasteiger partial charge on any atom is -0.423 e. The van der Waals surface area contributed by atoms with Crippen LogP contribution in [0.5, 0.6) is 0 Å². The van der Waals surface area contributed by atoms with Gasteiger partial charge in [-0.3, -0.25) is 0 Å². The molecule has 2 aromatic rings. The molecule has 1 heterocycles. The molecule has 0 unspecified atom stereocenters. The summed E-state index contributed by atoms with van der Waals surface area (Å²) < 4.78 is 28.0. The number of fused-ring (bicyclic) bond motifs is 1. The third-order valence-electron chi connectivity index (χ3n) is 2.54. The molecule has 0 radical (unpaired) electrons. The highest BCUT2D eigenvalue weighted by Crippen LogP contribution is 2.20. The van der Waals surface area contributed by atoms with Crippen molar-refractivity contribution >= 4 is 32.6 Å². The monoisotopic (exact) mass is 269 g/mol. The summed E-state index contributed by atoms with van der Waals surface area (Å²) in [7, 11) is -2.98. The molecule has 1 aromatic carbocycles. The third kappa shape index (κ3) is 2.92. The first-order chi connectivity index (χ1) is 8.50. The Hall–Kier alpha value is -1.76. The van der Waals surface area contributed by atoms with E-state index in [0.29, 0.717) is 22.8 Å². The van der Waals surface area contributed by atoms with Crippen molar-refractivity contribution < 1.29 is 12.8 Å². The molecule has 6 nitrogen and oxygen atoms in total. The van der Waals surface area contributed by atoms with Crippen LogP contribution in [0.2, 0.25) is 0 Å². The minimum absolute atomic E-state index is 0.0599. The van der Waals surface area contributed by atoms with E-state index in [0.717, 1.165) is 0 Å². The molecule has 0 amide bonds. The molecule has 0 atom stereocenters. The van der Waals surface area contributed by atoms with Crippen LogP contribution in [-0.4, -0.2) is 31.5 Å². The second kappa shape index (κ2) is 4.85. The summed E-state index contributed by atoms with van der Waals surface area (Å²) in [6.45, 7) is 1.90. The molecule has 7 heteroatoms. The molecule has 98 valence electrons. The van der Waals surface area contributed by atoms with Gasteiger partial charge >= 0.3 is 0 Å². The van der Waals surface area contributed by atoms with Gasteiger partial charge in [-0.1, -0.05) is 6.92 Å². The highest BCUT2D eigenvalue weighted by Gasteiger charge is 2.09. The van der Waals surface area contributed by atoms with E-state index in [1.54, 1.807) is 25.1 Å². The fraction of sp³-hybridized carbons (Fsp3) is 0.364. The zero-order valence-electron chi connectivity index (χ0n) is 10.0. The second-order valence-electron chi connectivity index (χ2n) is 3.91. The predicted octanol–water partition coefficient (Wildman–Crippen LogP) is 1.26. The number of oxazole rings is 1. The van der Waals surface area contributed by atoms with Crippen LogP contribution in [0.15, 0.2) is 22.6 Å². The van der Waals surface area contributed by atoms with Crippen molar-refractivity contribution in [3.63, 3.8) is 0 Å². The summed E-state index contributed by atoms with van der Waals surface area (Å²) >= 11 is 0. The SMILES string of the molecule is CCS(=O)(=O)CCNc1nc2ccc(N)cc2o1. The molecular weight excluding hydrogens is 254 g/mol. The Morgan fingerprint density at radius 1 is 1.44 bits per heavy atom. The van der Waals surface area contributed by atoms with Crippen molar-refractivity contribution in [3.8, 4) is 0 Å². The maximum Gasteiger partial charge on any atom is 0.295 e. The van der Waals surface area contributed by atoms with Gasteiger partial charge in [-0.25, -0.2) is 8.42 Å². The summed E-state index contributed by atoms with van der Waals surface area (Å²) in [5.41, 5.74) is 7.48. The van der Waals surface area contributed by atoms with Gasteiger partial charge < -0.3 is 15.5 Å². The molecule has 0 aliphatic heterocycles. The number of rotatable bonds is 5. The average Bonchev–Trinajstić information content (AvgIpc) is 2.70. The van der Waals surface area contributed by atoms with Gasteiger partial charge in [-0.2, -0.15) is 4.98 Å². The summed E-state index contributed by atoms with van der Waals surface area (Å²) in [6.07, 6.45) is 0. The van der Waals surface area contributed by atoms with Crippen molar-refractivity contribution in [2.24, 2.45) is 0 Å². The lowest BCUT2D eigenvalue weighted by Crippen LogP contribution is -2.17. The number of nitrogens with zero attached hydrogens (tertiary/aromatic N) is 1. The summed E-state index contributed by atoms with van der Waals surface area (Å²) in [4.78, 5) is 4.17. The quantitative estimate of drug-likeness (QED) is 0.793. The molecular formula is C11H15N3O3S. The molecule has 0 saturated carbocycles. The van der Waals surface area contributed by atoms with Gasteiger partial charge in [0.05, 0.1) is 5.75 Å². The van der Waals surface area contributed by atoms with Gasteiger partial charge in [0.25, 0.3) is 6.01 Å². The van der Waals surface area contributed by atoms with E-state index in [4.69, 9.17) is 10.2 Å². The number of nitrogens with two attached hydrogens (primary N) is 1. The Labute approximate surface area is 105 Å². The molecule has 0 bridgehead atoms. The zero-order chi connectivity index (χ0) is 13.2. The number of benzene rings is 1. The van der Waals surface area contributed by atoms with Crippen molar-refractivity contribution in [3.05, 3.63) is 18.2 Å². The van der Waals surface area contributed by atoms with E-state index >= 15 is 0 Å². The Morgan fingerprint density at radius 2 is 2.22 bits per heavy atom. The Kier molecular flexibility index (Phi) is 3.42. The lowest BCUT2D eigenvalue weighted by molar-refractivity contribution is 0.595. The van der Waals surface area contributed by atoms with Crippen LogP contribution in [0.3, 0.4) is 0 Å². The number of aromatic nitrogens is 1. The van der Waals surface area contributed by atoms with Crippen molar-refractivity contribution in [2.45, 2.75) is 6.92 Å². The third-order valence-corrected chi connectivity index (χ3v) is 4.25. The largest absolute Gasteiger partial charge is 0.423 e. The maximum atomic E-state index is 11.3. The number of sulfone groups is 1. The molecule has 1 aromatic heterocycles. The fourth-order valence-electron chi connectivity index (χ4n) is 1.47. The van der Waals surface area contributed by atoms with E-state index in [1.807, 2.05) is 0 Å². The summed E-state index contributed by atoms with van der Waals surface area (Å²) in [6, 6.07) is 5.47. The number of nitrogens with one attached hydrogen (secondary N) is 1. The Balaban J connectivity index is 2.04. The summed E-state index contributed by atoms with van der Waals surface area (Å²) in [5, 5.41) is 2.85. The molecule has 0 aliphatic rings. The molecule has 3 N–H and O–H groups in total. The van der Waals surface area contributed by atoms with E-state index in [-0.39, 0.29) is 18.1 Å². The second-order valence-corrected chi connectivity index (χ2v) is 6.38. The number of anilines is 2. The molecule has 18 heavy (non-hydrogen) atoms. The fourth-order valence-corrected chi connectivity index (χ4v) is 2.18. The van der Waals surface area contributed by atoms with Crippen molar-refractivity contribution in [1.82, 2.24) is 4.98 Å². The van der Waals surface area contributed by atoms with Gasteiger partial charge in [0.1, 0.15) is 5.52 Å². The van der Waals surface area contributed by atoms with Crippen LogP contribution in [0, 0.1) is 0 Å². The molecule has 2 rings (SSSR count). The molecule has 0 spiro atoms. The molecule has 0 fully saturated rings. The Bertz CT molecular complexity index is 649. The highest BCUT2D eigenvalue weighted by molar-refractivity contribution is 7.91. The number of hydrogen-bond donors (Lipinski definition) is 2. The topological polar surface area (TPSA) is 98.2 Å². The van der Waals surface area contributed by atoms with Crippen LogP contribution in [0.25, 0.3) is 11.1 Å². The normalized spacial score (nSPS) is 11.8. The van der Waals surface area contributed by atoms with E-state index in [1.165, 1.54) is 0 Å².